The van der Waals surface area contributed by atoms with Crippen LogP contribution in [0, 0.1) is 12.1 Å². The van der Waals surface area contributed by atoms with Crippen LogP contribution in [0.3, 0.4) is 0 Å². The fourth-order valence-corrected chi connectivity index (χ4v) is 0.432. The number of rotatable bonds is 1. The summed E-state index contributed by atoms with van der Waals surface area (Å²) in [6, 6.07) is 10.4. The molecule has 8 heavy (non-hydrogen) atoms. The van der Waals surface area contributed by atoms with Gasteiger partial charge in [-0.05, 0) is 18.2 Å². The molecule has 0 bridgehead atoms. The second kappa shape index (κ2) is 2.26. The topological polar surface area (TPSA) is 17.1 Å². The van der Waals surface area contributed by atoms with Crippen molar-refractivity contribution in [3.8, 4) is 0 Å². The van der Waals surface area contributed by atoms with Gasteiger partial charge in [-0.1, -0.05) is 12.1 Å². The molecule has 0 atom stereocenters. The zero-order valence-corrected chi connectivity index (χ0v) is 4.22. The summed E-state index contributed by atoms with van der Waals surface area (Å²) in [5, 5.41) is 0. The Balaban J connectivity index is 2.99. The molecule has 1 nitrogen and oxygen atoms in total. The number of carbonyl (C=O) groups is 1. The molecule has 1 heteroatoms. The third-order valence-corrected chi connectivity index (χ3v) is 0.808. The van der Waals surface area contributed by atoms with E-state index in [9.17, 15) is 4.79 Å². The van der Waals surface area contributed by atoms with Crippen LogP contribution in [0.25, 0.3) is 0 Å². The maximum absolute atomic E-state index is 9.96. The molecule has 2 radical (unpaired) electrons. The molecule has 0 saturated carbocycles. The molecule has 0 aliphatic heterocycles. The lowest BCUT2D eigenvalue weighted by atomic mass is 10.2. The average Bonchev–Trinajstić information content (AvgIpc) is 1.90. The average molecular weight is 104 g/mol. The summed E-state index contributed by atoms with van der Waals surface area (Å²) >= 11 is 0. The molecule has 0 N–H and O–H groups in total. The molecule has 0 aliphatic rings. The molecule has 0 saturated heterocycles. The van der Waals surface area contributed by atoms with E-state index in [0.29, 0.717) is 5.56 Å². The molecule has 0 heterocycles. The molecule has 1 aromatic carbocycles. The highest BCUT2D eigenvalue weighted by atomic mass is 16.1. The Kier molecular flexibility index (Phi) is 1.42. The lowest BCUT2D eigenvalue weighted by Crippen LogP contribution is -1.74. The van der Waals surface area contributed by atoms with Crippen molar-refractivity contribution >= 4 is 6.29 Å². The molecule has 0 fully saturated rings. The molecule has 0 aromatic heterocycles. The van der Waals surface area contributed by atoms with Crippen molar-refractivity contribution < 1.29 is 4.79 Å². The first-order valence-electron chi connectivity index (χ1n) is 2.26. The Morgan fingerprint density at radius 3 is 2.88 bits per heavy atom. The van der Waals surface area contributed by atoms with Crippen LogP contribution >= 0.6 is 0 Å². The van der Waals surface area contributed by atoms with Gasteiger partial charge in [0.15, 0.2) is 6.29 Å². The minimum Gasteiger partial charge on any atom is -0.298 e. The predicted molar refractivity (Wildman–Crippen MR) is 29.5 cm³/mol. The fraction of sp³-hybridized carbons (Fsp3) is 0. The van der Waals surface area contributed by atoms with Crippen molar-refractivity contribution in [2.75, 3.05) is 0 Å². The van der Waals surface area contributed by atoms with Crippen LogP contribution < -0.4 is 0 Å². The van der Waals surface area contributed by atoms with Crippen molar-refractivity contribution in [2.45, 2.75) is 0 Å². The SMILES string of the molecule is O=Cc1[c]c[c]cc1. The smallest absolute Gasteiger partial charge is 0.150 e. The summed E-state index contributed by atoms with van der Waals surface area (Å²) in [4.78, 5) is 9.96. The molecule has 1 rings (SSSR count). The molecular formula is C7H4O. The first-order chi connectivity index (χ1) is 3.93. The Morgan fingerprint density at radius 2 is 2.50 bits per heavy atom. The Morgan fingerprint density at radius 1 is 1.62 bits per heavy atom. The minimum atomic E-state index is 0.573. The molecule has 0 aliphatic carbocycles. The third kappa shape index (κ3) is 0.936. The molecule has 0 amide bonds. The van der Waals surface area contributed by atoms with Gasteiger partial charge in [0, 0.05) is 5.56 Å². The molecule has 38 valence electrons. The highest BCUT2D eigenvalue weighted by Crippen LogP contribution is 1.89. The monoisotopic (exact) mass is 104 g/mol. The highest BCUT2D eigenvalue weighted by molar-refractivity contribution is 5.73. The summed E-state index contributed by atoms with van der Waals surface area (Å²) in [7, 11) is 0. The minimum absolute atomic E-state index is 0.573. The quantitative estimate of drug-likeness (QED) is 0.487. The van der Waals surface area contributed by atoms with Crippen LogP contribution in [0.15, 0.2) is 18.2 Å². The standard InChI is InChI=1S/C7H4O/c8-6-7-4-2-1-3-5-7/h2-4,6H. The van der Waals surface area contributed by atoms with Crippen molar-refractivity contribution in [3.05, 3.63) is 35.9 Å². The number of hydrogen-bond acceptors (Lipinski definition) is 1. The maximum atomic E-state index is 9.96. The van der Waals surface area contributed by atoms with Crippen LogP contribution in [0.1, 0.15) is 10.4 Å². The molecular weight excluding hydrogens is 100 g/mol. The Hall–Kier alpha value is -1.11. The van der Waals surface area contributed by atoms with Crippen LogP contribution in [-0.4, -0.2) is 6.29 Å². The Labute approximate surface area is 48.0 Å². The van der Waals surface area contributed by atoms with E-state index < -0.39 is 0 Å². The van der Waals surface area contributed by atoms with Gasteiger partial charge >= 0.3 is 0 Å². The van der Waals surface area contributed by atoms with Gasteiger partial charge in [0.25, 0.3) is 0 Å². The van der Waals surface area contributed by atoms with Crippen LogP contribution in [0.2, 0.25) is 0 Å². The second-order valence-electron chi connectivity index (χ2n) is 1.36. The van der Waals surface area contributed by atoms with Gasteiger partial charge in [-0.15, -0.1) is 0 Å². The van der Waals surface area contributed by atoms with Crippen molar-refractivity contribution in [3.63, 3.8) is 0 Å². The van der Waals surface area contributed by atoms with Crippen molar-refractivity contribution in [1.82, 2.24) is 0 Å². The Bertz CT molecular complexity index is 167. The van der Waals surface area contributed by atoms with Crippen LogP contribution in [0.5, 0.6) is 0 Å². The van der Waals surface area contributed by atoms with Gasteiger partial charge in [0.2, 0.25) is 0 Å². The summed E-state index contributed by atoms with van der Waals surface area (Å²) in [5.41, 5.74) is 0.573. The van der Waals surface area contributed by atoms with Crippen molar-refractivity contribution in [2.24, 2.45) is 0 Å². The number of aldehydes is 1. The predicted octanol–water partition coefficient (Wildman–Crippen LogP) is 1.10. The van der Waals surface area contributed by atoms with E-state index in [4.69, 9.17) is 0 Å². The van der Waals surface area contributed by atoms with Crippen molar-refractivity contribution in [1.29, 1.82) is 0 Å². The van der Waals surface area contributed by atoms with Gasteiger partial charge in [-0.3, -0.25) is 4.79 Å². The fourth-order valence-electron chi connectivity index (χ4n) is 0.432. The normalized spacial score (nSPS) is 8.50. The van der Waals surface area contributed by atoms with Crippen LogP contribution in [0.4, 0.5) is 0 Å². The lowest BCUT2D eigenvalue weighted by Gasteiger charge is -1.80. The first kappa shape index (κ1) is 5.04. The summed E-state index contributed by atoms with van der Waals surface area (Å²) in [5.74, 6) is 0. The van der Waals surface area contributed by atoms with E-state index in [1.807, 2.05) is 0 Å². The van der Waals surface area contributed by atoms with E-state index >= 15 is 0 Å². The summed E-state index contributed by atoms with van der Waals surface area (Å²) < 4.78 is 0. The van der Waals surface area contributed by atoms with Gasteiger partial charge < -0.3 is 0 Å². The highest BCUT2D eigenvalue weighted by Gasteiger charge is 1.81. The zero-order chi connectivity index (χ0) is 5.82. The number of carbonyl (C=O) groups excluding carboxylic acids is 1. The van der Waals surface area contributed by atoms with Gasteiger partial charge in [0.1, 0.15) is 0 Å². The zero-order valence-electron chi connectivity index (χ0n) is 4.22. The molecule has 0 unspecified atom stereocenters. The first-order valence-corrected chi connectivity index (χ1v) is 2.26. The van der Waals surface area contributed by atoms with E-state index in [0.717, 1.165) is 6.29 Å². The maximum Gasteiger partial charge on any atom is 0.150 e. The largest absolute Gasteiger partial charge is 0.298 e. The van der Waals surface area contributed by atoms with E-state index in [1.54, 1.807) is 18.2 Å². The summed E-state index contributed by atoms with van der Waals surface area (Å²) in [6.07, 6.45) is 0.758. The van der Waals surface area contributed by atoms with Gasteiger partial charge in [0.05, 0.1) is 0 Å². The van der Waals surface area contributed by atoms with Crippen LogP contribution in [-0.2, 0) is 0 Å². The van der Waals surface area contributed by atoms with E-state index in [2.05, 4.69) is 12.1 Å². The molecule has 1 aromatic rings. The van der Waals surface area contributed by atoms with E-state index in [1.165, 1.54) is 0 Å². The number of benzene rings is 1. The lowest BCUT2D eigenvalue weighted by molar-refractivity contribution is 0.112. The van der Waals surface area contributed by atoms with Gasteiger partial charge in [-0.25, -0.2) is 0 Å². The van der Waals surface area contributed by atoms with Gasteiger partial charge in [-0.2, -0.15) is 0 Å². The van der Waals surface area contributed by atoms with E-state index in [-0.39, 0.29) is 0 Å². The summed E-state index contributed by atoms with van der Waals surface area (Å²) in [6.45, 7) is 0. The third-order valence-electron chi connectivity index (χ3n) is 0.808. The molecule has 0 spiro atoms. The second-order valence-corrected chi connectivity index (χ2v) is 1.36. The number of hydrogen-bond donors (Lipinski definition) is 0.